The Morgan fingerprint density at radius 3 is 2.11 bits per heavy atom. The molecule has 57 heavy (non-hydrogen) atoms. The zero-order valence-corrected chi connectivity index (χ0v) is 33.3. The predicted molar refractivity (Wildman–Crippen MR) is 215 cm³/mol. The summed E-state index contributed by atoms with van der Waals surface area (Å²) in [7, 11) is 1.63. The molecule has 5 saturated heterocycles. The number of carbonyl (C=O) groups excluding carboxylic acids is 6. The number of nitrogens with one attached hydrogen (secondary N) is 3. The highest BCUT2D eigenvalue weighted by atomic mass is 16.2. The number of piperidine rings is 1. The fraction of sp³-hybridized carbons (Fsp3) is 0.535. The van der Waals surface area contributed by atoms with Gasteiger partial charge in [-0.25, -0.2) is 4.79 Å². The van der Waals surface area contributed by atoms with Gasteiger partial charge in [-0.05, 0) is 55.2 Å². The van der Waals surface area contributed by atoms with Gasteiger partial charge in [-0.3, -0.25) is 24.0 Å². The second-order valence-corrected chi connectivity index (χ2v) is 16.1. The number of aromatic amines is 1. The number of fused-ring (bicyclic) bond motifs is 12. The van der Waals surface area contributed by atoms with Gasteiger partial charge in [0.05, 0.1) is 0 Å². The number of carbonyl (C=O) groups is 6. The number of benzene rings is 2. The number of rotatable bonds is 6. The number of piperazine rings is 1. The number of nitrogens with zero attached hydrogens (tertiary/aromatic N) is 5. The number of urea groups is 1. The standard InChI is InChI=1S/C43H56N8O6/c1-4-28(2)37-42(56)51-19-11-10-17-35(51)40(54)48-21-23-49(24-22-48)43(57)47(3)36(25-29-13-6-5-7-14-29)41(55)50-20-12-18-34(50)39(53)45-33(38(52)46-37)26-30-27-44-32-16-9-8-15-31(30)32/h5-9,13-16,27-28,33-37,44H,4,10-12,17-26H2,1-3H3,(H,45,53)(H,46,52)/t28-,33-,34+,35-,36-,37-/m1/s1. The molecule has 0 aliphatic carbocycles. The first-order chi connectivity index (χ1) is 27.5. The number of amides is 7. The first-order valence-corrected chi connectivity index (χ1v) is 20.7. The number of para-hydroxylation sites is 1. The first-order valence-electron chi connectivity index (χ1n) is 20.7. The second kappa shape index (κ2) is 17.4. The summed E-state index contributed by atoms with van der Waals surface area (Å²) in [5.41, 5.74) is 2.57. The molecule has 2 bridgehead atoms. The Kier molecular flexibility index (Phi) is 12.2. The van der Waals surface area contributed by atoms with E-state index < -0.39 is 42.0 Å². The van der Waals surface area contributed by atoms with Crippen LogP contribution in [0.2, 0.25) is 0 Å². The molecule has 5 fully saturated rings. The molecule has 8 rings (SSSR count). The molecule has 14 heteroatoms. The van der Waals surface area contributed by atoms with Crippen molar-refractivity contribution in [1.82, 2.24) is 40.1 Å². The van der Waals surface area contributed by atoms with Gasteiger partial charge in [0.1, 0.15) is 30.2 Å². The molecule has 1 aromatic heterocycles. The van der Waals surface area contributed by atoms with Crippen molar-refractivity contribution in [2.45, 2.75) is 95.4 Å². The van der Waals surface area contributed by atoms with E-state index in [1.165, 1.54) is 4.90 Å². The summed E-state index contributed by atoms with van der Waals surface area (Å²) in [5.74, 6) is -2.05. The predicted octanol–water partition coefficient (Wildman–Crippen LogP) is 2.92. The van der Waals surface area contributed by atoms with Crippen molar-refractivity contribution >= 4 is 46.5 Å². The Balaban J connectivity index is 1.26. The SMILES string of the molecule is CC[C@@H](C)[C@H]1NC(=O)[C@@H](Cc2c[nH]c3ccccc23)NC(=O)[C@@H]2CCCN2C(=O)[C@@H](Cc2ccccc2)N(C)C(=O)N2CCN(CC2)C(=O)[C@H]2CCCCN2C1=O. The Hall–Kier alpha value is -5.40. The highest BCUT2D eigenvalue weighted by Crippen LogP contribution is 2.26. The van der Waals surface area contributed by atoms with Crippen LogP contribution in [-0.4, -0.2) is 142 Å². The van der Waals surface area contributed by atoms with Crippen LogP contribution in [0.15, 0.2) is 60.8 Å². The molecule has 7 amide bonds. The lowest BCUT2D eigenvalue weighted by Crippen LogP contribution is -2.64. The molecule has 6 atom stereocenters. The molecule has 3 N–H and O–H groups in total. The van der Waals surface area contributed by atoms with Crippen LogP contribution in [-0.2, 0) is 36.8 Å². The highest BCUT2D eigenvalue weighted by molar-refractivity contribution is 5.97. The van der Waals surface area contributed by atoms with Crippen molar-refractivity contribution in [2.75, 3.05) is 46.3 Å². The minimum atomic E-state index is -1.09. The Morgan fingerprint density at radius 1 is 0.684 bits per heavy atom. The molecule has 304 valence electrons. The van der Waals surface area contributed by atoms with Crippen molar-refractivity contribution < 1.29 is 28.8 Å². The number of hydrogen-bond acceptors (Lipinski definition) is 6. The maximum Gasteiger partial charge on any atom is 0.320 e. The van der Waals surface area contributed by atoms with Gasteiger partial charge in [0.25, 0.3) is 0 Å². The average molecular weight is 781 g/mol. The lowest BCUT2D eigenvalue weighted by atomic mass is 9.93. The first kappa shape index (κ1) is 39.8. The van der Waals surface area contributed by atoms with Crippen molar-refractivity contribution in [3.63, 3.8) is 0 Å². The van der Waals surface area contributed by atoms with E-state index in [4.69, 9.17) is 0 Å². The molecule has 0 saturated carbocycles. The van der Waals surface area contributed by atoms with E-state index in [1.54, 1.807) is 26.6 Å². The van der Waals surface area contributed by atoms with Crippen LogP contribution in [0.4, 0.5) is 4.79 Å². The van der Waals surface area contributed by atoms with Crippen molar-refractivity contribution in [3.05, 3.63) is 71.9 Å². The minimum Gasteiger partial charge on any atom is -0.361 e. The topological polar surface area (TPSA) is 158 Å². The number of H-pyrrole nitrogens is 1. The maximum atomic E-state index is 14.7. The fourth-order valence-corrected chi connectivity index (χ4v) is 8.97. The third-order valence-electron chi connectivity index (χ3n) is 12.6. The average Bonchev–Trinajstić information content (AvgIpc) is 3.91. The van der Waals surface area contributed by atoms with Gasteiger partial charge >= 0.3 is 6.03 Å². The van der Waals surface area contributed by atoms with Crippen LogP contribution in [0.25, 0.3) is 10.9 Å². The zero-order valence-electron chi connectivity index (χ0n) is 33.3. The van der Waals surface area contributed by atoms with Crippen LogP contribution in [0.1, 0.15) is 63.5 Å². The smallest absolute Gasteiger partial charge is 0.320 e. The molecule has 5 aliphatic rings. The summed E-state index contributed by atoms with van der Waals surface area (Å²) in [6.45, 7) is 5.74. The molecule has 6 heterocycles. The summed E-state index contributed by atoms with van der Waals surface area (Å²) >= 11 is 0. The Morgan fingerprint density at radius 2 is 1.35 bits per heavy atom. The van der Waals surface area contributed by atoms with Gasteiger partial charge < -0.3 is 40.1 Å². The third kappa shape index (κ3) is 8.36. The van der Waals surface area contributed by atoms with Crippen molar-refractivity contribution in [2.24, 2.45) is 5.92 Å². The highest BCUT2D eigenvalue weighted by Gasteiger charge is 2.44. The maximum absolute atomic E-state index is 14.7. The quantitative estimate of drug-likeness (QED) is 0.349. The van der Waals surface area contributed by atoms with Crippen molar-refractivity contribution in [3.8, 4) is 0 Å². The molecule has 3 aromatic rings. The normalized spacial score (nSPS) is 26.4. The van der Waals surface area contributed by atoms with E-state index in [2.05, 4.69) is 15.6 Å². The second-order valence-electron chi connectivity index (χ2n) is 16.1. The van der Waals surface area contributed by atoms with Gasteiger partial charge in [0, 0.05) is 76.3 Å². The molecule has 0 spiro atoms. The van der Waals surface area contributed by atoms with Crippen LogP contribution in [0.3, 0.4) is 0 Å². The Labute approximate surface area is 334 Å². The number of aromatic nitrogens is 1. The van der Waals surface area contributed by atoms with E-state index in [0.29, 0.717) is 51.9 Å². The molecule has 0 unspecified atom stereocenters. The number of likely N-dealkylation sites (N-methyl/N-ethyl adjacent to an activating group) is 1. The summed E-state index contributed by atoms with van der Waals surface area (Å²) < 4.78 is 0. The zero-order chi connectivity index (χ0) is 40.2. The summed E-state index contributed by atoms with van der Waals surface area (Å²) in [6.07, 6.45) is 5.82. The molecule has 0 radical (unpaired) electrons. The van der Waals surface area contributed by atoms with Crippen molar-refractivity contribution in [1.29, 1.82) is 0 Å². The van der Waals surface area contributed by atoms with Gasteiger partial charge in [0.2, 0.25) is 29.5 Å². The third-order valence-corrected chi connectivity index (χ3v) is 12.6. The van der Waals surface area contributed by atoms with Crippen LogP contribution >= 0.6 is 0 Å². The lowest BCUT2D eigenvalue weighted by Gasteiger charge is -2.43. The Bertz CT molecular complexity index is 1960. The lowest BCUT2D eigenvalue weighted by molar-refractivity contribution is -0.151. The van der Waals surface area contributed by atoms with E-state index in [1.807, 2.05) is 74.6 Å². The summed E-state index contributed by atoms with van der Waals surface area (Å²) in [6, 6.07) is 12.4. The fourth-order valence-electron chi connectivity index (χ4n) is 8.97. The van der Waals surface area contributed by atoms with Gasteiger partial charge in [-0.15, -0.1) is 0 Å². The van der Waals surface area contributed by atoms with E-state index in [9.17, 15) is 28.8 Å². The molecular formula is C43H56N8O6. The van der Waals surface area contributed by atoms with E-state index in [-0.39, 0.29) is 55.6 Å². The van der Waals surface area contributed by atoms with Crippen LogP contribution in [0.5, 0.6) is 0 Å². The minimum absolute atomic E-state index is 0.132. The number of hydrogen-bond donors (Lipinski definition) is 3. The van der Waals surface area contributed by atoms with E-state index >= 15 is 0 Å². The largest absolute Gasteiger partial charge is 0.361 e. The van der Waals surface area contributed by atoms with Gasteiger partial charge in [0.15, 0.2) is 0 Å². The van der Waals surface area contributed by atoms with Crippen LogP contribution in [0, 0.1) is 5.92 Å². The molecule has 5 aliphatic heterocycles. The monoisotopic (exact) mass is 780 g/mol. The van der Waals surface area contributed by atoms with Crippen LogP contribution < -0.4 is 10.6 Å². The summed E-state index contributed by atoms with van der Waals surface area (Å²) in [4.78, 5) is 98.1. The molecule has 2 aromatic carbocycles. The van der Waals surface area contributed by atoms with Gasteiger partial charge in [-0.1, -0.05) is 68.8 Å². The van der Waals surface area contributed by atoms with E-state index in [0.717, 1.165) is 34.9 Å². The van der Waals surface area contributed by atoms with Gasteiger partial charge in [-0.2, -0.15) is 0 Å². The molecule has 14 nitrogen and oxygen atoms in total. The summed E-state index contributed by atoms with van der Waals surface area (Å²) in [5, 5.41) is 6.97. The molecular weight excluding hydrogens is 725 g/mol.